The second-order valence-corrected chi connectivity index (χ2v) is 3.24. The van der Waals surface area contributed by atoms with Gasteiger partial charge in [0.2, 0.25) is 0 Å². The summed E-state index contributed by atoms with van der Waals surface area (Å²) in [5.41, 5.74) is 0.786. The van der Waals surface area contributed by atoms with Crippen LogP contribution in [0.2, 0.25) is 0 Å². The standard InChI is InChI=1S/C12H13NO3/c1-15-11-5-3-9(4-6-11)10(8-13)7-12(14)16-2/h3-6,10H,7H2,1-2H3/t10-/m1/s1. The minimum absolute atomic E-state index is 0.0688. The molecule has 1 rings (SSSR count). The average Bonchev–Trinajstić information content (AvgIpc) is 2.35. The van der Waals surface area contributed by atoms with E-state index >= 15 is 0 Å². The van der Waals surface area contributed by atoms with Crippen molar-refractivity contribution in [2.24, 2.45) is 0 Å². The molecule has 0 fully saturated rings. The Labute approximate surface area is 94.4 Å². The van der Waals surface area contributed by atoms with E-state index in [1.54, 1.807) is 31.4 Å². The van der Waals surface area contributed by atoms with Gasteiger partial charge < -0.3 is 9.47 Å². The Kier molecular flexibility index (Phi) is 4.34. The van der Waals surface area contributed by atoms with Crippen LogP contribution in [0.3, 0.4) is 0 Å². The van der Waals surface area contributed by atoms with Crippen LogP contribution in [0.25, 0.3) is 0 Å². The van der Waals surface area contributed by atoms with Crippen molar-refractivity contribution in [1.82, 2.24) is 0 Å². The predicted molar refractivity (Wildman–Crippen MR) is 58.0 cm³/mol. The molecule has 0 N–H and O–H groups in total. The number of methoxy groups -OCH3 is 2. The summed E-state index contributed by atoms with van der Waals surface area (Å²) in [7, 11) is 2.88. The molecule has 0 aliphatic rings. The number of ether oxygens (including phenoxy) is 2. The first-order chi connectivity index (χ1) is 7.71. The number of benzene rings is 1. The van der Waals surface area contributed by atoms with Gasteiger partial charge in [0.15, 0.2) is 0 Å². The maximum absolute atomic E-state index is 11.1. The summed E-state index contributed by atoms with van der Waals surface area (Å²) in [4.78, 5) is 11.1. The molecule has 4 heteroatoms. The lowest BCUT2D eigenvalue weighted by molar-refractivity contribution is -0.140. The van der Waals surface area contributed by atoms with E-state index in [2.05, 4.69) is 10.8 Å². The van der Waals surface area contributed by atoms with E-state index in [-0.39, 0.29) is 12.4 Å². The van der Waals surface area contributed by atoms with Crippen molar-refractivity contribution < 1.29 is 14.3 Å². The smallest absolute Gasteiger partial charge is 0.307 e. The summed E-state index contributed by atoms with van der Waals surface area (Å²) in [5.74, 6) is -0.140. The fraction of sp³-hybridized carbons (Fsp3) is 0.333. The molecule has 0 saturated carbocycles. The summed E-state index contributed by atoms with van der Waals surface area (Å²) in [6.45, 7) is 0. The zero-order chi connectivity index (χ0) is 12.0. The molecule has 0 heterocycles. The number of rotatable bonds is 4. The van der Waals surface area contributed by atoms with Crippen molar-refractivity contribution in [3.8, 4) is 11.8 Å². The van der Waals surface area contributed by atoms with Crippen LogP contribution < -0.4 is 4.74 Å². The molecule has 16 heavy (non-hydrogen) atoms. The third-order valence-corrected chi connectivity index (χ3v) is 2.27. The Morgan fingerprint density at radius 2 is 2.00 bits per heavy atom. The highest BCUT2D eigenvalue weighted by Crippen LogP contribution is 2.21. The fourth-order valence-electron chi connectivity index (χ4n) is 1.32. The number of carbonyl (C=O) groups excluding carboxylic acids is 1. The lowest BCUT2D eigenvalue weighted by Gasteiger charge is -2.08. The van der Waals surface area contributed by atoms with Gasteiger partial charge in [0.05, 0.1) is 32.6 Å². The molecule has 84 valence electrons. The van der Waals surface area contributed by atoms with Crippen molar-refractivity contribution in [3.63, 3.8) is 0 Å². The molecule has 0 unspecified atom stereocenters. The molecule has 0 spiro atoms. The highest BCUT2D eigenvalue weighted by molar-refractivity contribution is 5.71. The highest BCUT2D eigenvalue weighted by Gasteiger charge is 2.15. The van der Waals surface area contributed by atoms with E-state index in [4.69, 9.17) is 10.00 Å². The van der Waals surface area contributed by atoms with Gasteiger partial charge in [-0.15, -0.1) is 0 Å². The minimum atomic E-state index is -0.474. The number of carbonyl (C=O) groups is 1. The van der Waals surface area contributed by atoms with E-state index in [0.29, 0.717) is 0 Å². The summed E-state index contributed by atoms with van der Waals surface area (Å²) in [5, 5.41) is 8.96. The van der Waals surface area contributed by atoms with Crippen LogP contribution >= 0.6 is 0 Å². The van der Waals surface area contributed by atoms with Gasteiger partial charge in [0, 0.05) is 0 Å². The van der Waals surface area contributed by atoms with Gasteiger partial charge in [0.1, 0.15) is 5.75 Å². The molecule has 1 aromatic rings. The van der Waals surface area contributed by atoms with E-state index in [9.17, 15) is 4.79 Å². The molecule has 0 radical (unpaired) electrons. The first-order valence-electron chi connectivity index (χ1n) is 4.81. The predicted octanol–water partition coefficient (Wildman–Crippen LogP) is 1.87. The summed E-state index contributed by atoms with van der Waals surface area (Å²) >= 11 is 0. The van der Waals surface area contributed by atoms with Crippen LogP contribution in [0.1, 0.15) is 17.9 Å². The third kappa shape index (κ3) is 2.99. The lowest BCUT2D eigenvalue weighted by atomic mass is 9.97. The molecular formula is C12H13NO3. The van der Waals surface area contributed by atoms with Gasteiger partial charge in [-0.05, 0) is 17.7 Å². The molecular weight excluding hydrogens is 206 g/mol. The van der Waals surface area contributed by atoms with Crippen LogP contribution in [0, 0.1) is 11.3 Å². The number of nitrogens with zero attached hydrogens (tertiary/aromatic N) is 1. The van der Waals surface area contributed by atoms with Crippen molar-refractivity contribution in [2.75, 3.05) is 14.2 Å². The number of esters is 1. The third-order valence-electron chi connectivity index (χ3n) is 2.27. The van der Waals surface area contributed by atoms with Crippen molar-refractivity contribution in [3.05, 3.63) is 29.8 Å². The molecule has 0 saturated heterocycles. The maximum atomic E-state index is 11.1. The topological polar surface area (TPSA) is 59.3 Å². The Morgan fingerprint density at radius 1 is 1.38 bits per heavy atom. The zero-order valence-electron chi connectivity index (χ0n) is 9.27. The number of hydrogen-bond acceptors (Lipinski definition) is 4. The zero-order valence-corrected chi connectivity index (χ0v) is 9.27. The molecule has 0 aliphatic heterocycles. The Hall–Kier alpha value is -2.02. The van der Waals surface area contributed by atoms with E-state index < -0.39 is 5.92 Å². The van der Waals surface area contributed by atoms with Gasteiger partial charge >= 0.3 is 5.97 Å². The SMILES string of the molecule is COC(=O)C[C@H](C#N)c1ccc(OC)cc1. The number of nitriles is 1. The highest BCUT2D eigenvalue weighted by atomic mass is 16.5. The second-order valence-electron chi connectivity index (χ2n) is 3.24. The van der Waals surface area contributed by atoms with Crippen LogP contribution in [0.5, 0.6) is 5.75 Å². The van der Waals surface area contributed by atoms with Crippen molar-refractivity contribution in [1.29, 1.82) is 5.26 Å². The van der Waals surface area contributed by atoms with E-state index in [1.807, 2.05) is 0 Å². The van der Waals surface area contributed by atoms with Crippen LogP contribution in [0.15, 0.2) is 24.3 Å². The maximum Gasteiger partial charge on any atom is 0.307 e. The monoisotopic (exact) mass is 219 g/mol. The average molecular weight is 219 g/mol. The molecule has 4 nitrogen and oxygen atoms in total. The molecule has 0 aliphatic carbocycles. The first-order valence-corrected chi connectivity index (χ1v) is 4.81. The molecule has 0 bridgehead atoms. The van der Waals surface area contributed by atoms with Crippen LogP contribution in [-0.2, 0) is 9.53 Å². The Morgan fingerprint density at radius 3 is 2.44 bits per heavy atom. The quantitative estimate of drug-likeness (QED) is 0.725. The minimum Gasteiger partial charge on any atom is -0.497 e. The molecule has 0 aromatic heterocycles. The van der Waals surface area contributed by atoms with Crippen molar-refractivity contribution in [2.45, 2.75) is 12.3 Å². The second kappa shape index (κ2) is 5.76. The summed E-state index contributed by atoms with van der Waals surface area (Å²) in [6.07, 6.45) is 0.0688. The molecule has 0 amide bonds. The van der Waals surface area contributed by atoms with E-state index in [1.165, 1.54) is 7.11 Å². The van der Waals surface area contributed by atoms with E-state index in [0.717, 1.165) is 11.3 Å². The normalized spacial score (nSPS) is 11.3. The first kappa shape index (κ1) is 12.1. The van der Waals surface area contributed by atoms with Crippen LogP contribution in [0.4, 0.5) is 0 Å². The van der Waals surface area contributed by atoms with Crippen LogP contribution in [-0.4, -0.2) is 20.2 Å². The molecule has 1 aromatic carbocycles. The van der Waals surface area contributed by atoms with Gasteiger partial charge in [-0.25, -0.2) is 0 Å². The van der Waals surface area contributed by atoms with Gasteiger partial charge in [0.25, 0.3) is 0 Å². The largest absolute Gasteiger partial charge is 0.497 e. The Balaban J connectivity index is 2.79. The lowest BCUT2D eigenvalue weighted by Crippen LogP contribution is -2.07. The summed E-state index contributed by atoms with van der Waals surface area (Å²) in [6, 6.07) is 9.15. The number of hydrogen-bond donors (Lipinski definition) is 0. The van der Waals surface area contributed by atoms with Crippen molar-refractivity contribution >= 4 is 5.97 Å². The van der Waals surface area contributed by atoms with Gasteiger partial charge in [-0.1, -0.05) is 12.1 Å². The fourth-order valence-corrected chi connectivity index (χ4v) is 1.32. The molecule has 1 atom stereocenters. The van der Waals surface area contributed by atoms with Gasteiger partial charge in [-0.2, -0.15) is 5.26 Å². The Bertz CT molecular complexity index is 392. The van der Waals surface area contributed by atoms with Gasteiger partial charge in [-0.3, -0.25) is 4.79 Å². The summed E-state index contributed by atoms with van der Waals surface area (Å²) < 4.78 is 9.54.